The largest absolute Gasteiger partial charge is 0.482 e. The zero-order chi connectivity index (χ0) is 11.4. The van der Waals surface area contributed by atoms with Gasteiger partial charge in [0.05, 0.1) is 0 Å². The van der Waals surface area contributed by atoms with Crippen LogP contribution < -0.4 is 4.74 Å². The van der Waals surface area contributed by atoms with E-state index in [1.165, 1.54) is 6.39 Å². The lowest BCUT2D eigenvalue weighted by Gasteiger charge is -2.03. The van der Waals surface area contributed by atoms with Crippen molar-refractivity contribution in [3.8, 4) is 17.2 Å². The molecule has 1 aromatic carbocycles. The molecular weight excluding hydrogens is 212 g/mol. The fourth-order valence-corrected chi connectivity index (χ4v) is 1.16. The molecule has 0 fully saturated rings. The van der Waals surface area contributed by atoms with Crippen molar-refractivity contribution in [2.45, 2.75) is 0 Å². The van der Waals surface area contributed by atoms with Crippen molar-refractivity contribution in [3.05, 3.63) is 30.7 Å². The van der Waals surface area contributed by atoms with Gasteiger partial charge in [-0.15, -0.1) is 10.2 Å². The number of hydrogen-bond donors (Lipinski definition) is 1. The first kappa shape index (κ1) is 10.2. The highest BCUT2D eigenvalue weighted by Crippen LogP contribution is 2.21. The molecule has 1 heterocycles. The Kier molecular flexibility index (Phi) is 2.81. The number of nitrogens with zero attached hydrogens (tertiary/aromatic N) is 2. The van der Waals surface area contributed by atoms with E-state index in [4.69, 9.17) is 14.3 Å². The predicted octanol–water partition coefficient (Wildman–Crippen LogP) is 1.20. The third-order valence-electron chi connectivity index (χ3n) is 1.80. The molecule has 16 heavy (non-hydrogen) atoms. The number of aromatic nitrogens is 2. The number of carbonyl (C=O) groups is 1. The monoisotopic (exact) mass is 220 g/mol. The standard InChI is InChI=1S/C10H8N2O4/c13-9(14)5-15-8-3-1-2-7(4-8)10-12-11-6-16-10/h1-4,6H,5H2,(H,13,14). The fraction of sp³-hybridized carbons (Fsp3) is 0.100. The lowest BCUT2D eigenvalue weighted by atomic mass is 10.2. The Morgan fingerprint density at radius 1 is 1.50 bits per heavy atom. The first-order chi connectivity index (χ1) is 7.75. The molecule has 0 radical (unpaired) electrons. The van der Waals surface area contributed by atoms with Gasteiger partial charge >= 0.3 is 5.97 Å². The van der Waals surface area contributed by atoms with E-state index in [2.05, 4.69) is 10.2 Å². The van der Waals surface area contributed by atoms with Crippen LogP contribution in [0.5, 0.6) is 5.75 Å². The predicted molar refractivity (Wildman–Crippen MR) is 52.9 cm³/mol. The van der Waals surface area contributed by atoms with Crippen LogP contribution in [0.3, 0.4) is 0 Å². The third-order valence-corrected chi connectivity index (χ3v) is 1.80. The number of aliphatic carboxylic acids is 1. The van der Waals surface area contributed by atoms with Crippen LogP contribution >= 0.6 is 0 Å². The van der Waals surface area contributed by atoms with E-state index in [9.17, 15) is 4.79 Å². The van der Waals surface area contributed by atoms with Gasteiger partial charge in [0.25, 0.3) is 0 Å². The molecule has 2 aromatic rings. The number of hydrogen-bond acceptors (Lipinski definition) is 5. The summed E-state index contributed by atoms with van der Waals surface area (Å²) in [6, 6.07) is 6.77. The molecule has 1 aromatic heterocycles. The van der Waals surface area contributed by atoms with E-state index in [0.717, 1.165) is 0 Å². The van der Waals surface area contributed by atoms with E-state index < -0.39 is 5.97 Å². The maximum absolute atomic E-state index is 10.3. The summed E-state index contributed by atoms with van der Waals surface area (Å²) >= 11 is 0. The van der Waals surface area contributed by atoms with Crippen molar-refractivity contribution in [1.82, 2.24) is 10.2 Å². The maximum Gasteiger partial charge on any atom is 0.341 e. The minimum Gasteiger partial charge on any atom is -0.482 e. The van der Waals surface area contributed by atoms with Crippen molar-refractivity contribution in [2.75, 3.05) is 6.61 Å². The fourth-order valence-electron chi connectivity index (χ4n) is 1.16. The third kappa shape index (κ3) is 2.35. The molecule has 0 aliphatic rings. The van der Waals surface area contributed by atoms with Crippen molar-refractivity contribution >= 4 is 5.97 Å². The average Bonchev–Trinajstić information content (AvgIpc) is 2.80. The van der Waals surface area contributed by atoms with Gasteiger partial charge in [-0.1, -0.05) is 6.07 Å². The molecule has 6 nitrogen and oxygen atoms in total. The van der Waals surface area contributed by atoms with Gasteiger partial charge in [0.2, 0.25) is 12.3 Å². The van der Waals surface area contributed by atoms with Gasteiger partial charge in [-0.2, -0.15) is 0 Å². The second-order valence-electron chi connectivity index (χ2n) is 2.95. The summed E-state index contributed by atoms with van der Waals surface area (Å²) in [6.45, 7) is -0.382. The molecule has 0 aliphatic carbocycles. The smallest absolute Gasteiger partial charge is 0.341 e. The molecule has 82 valence electrons. The van der Waals surface area contributed by atoms with Gasteiger partial charge in [0.1, 0.15) is 5.75 Å². The molecule has 0 bridgehead atoms. The van der Waals surface area contributed by atoms with Crippen molar-refractivity contribution < 1.29 is 19.1 Å². The Morgan fingerprint density at radius 3 is 3.06 bits per heavy atom. The number of carboxylic acids is 1. The zero-order valence-electron chi connectivity index (χ0n) is 8.16. The molecule has 0 amide bonds. The lowest BCUT2D eigenvalue weighted by molar-refractivity contribution is -0.139. The van der Waals surface area contributed by atoms with Crippen LogP contribution in [0.1, 0.15) is 0 Å². The number of ether oxygens (including phenoxy) is 1. The van der Waals surface area contributed by atoms with E-state index in [1.807, 2.05) is 0 Å². The van der Waals surface area contributed by atoms with Gasteiger partial charge in [-0.05, 0) is 18.2 Å². The van der Waals surface area contributed by atoms with Crippen molar-refractivity contribution in [2.24, 2.45) is 0 Å². The maximum atomic E-state index is 10.3. The molecule has 1 N–H and O–H groups in total. The second kappa shape index (κ2) is 4.43. The number of carboxylic acid groups (broad SMARTS) is 1. The Hall–Kier alpha value is -2.37. The Bertz CT molecular complexity index is 481. The highest BCUT2D eigenvalue weighted by molar-refractivity contribution is 5.68. The van der Waals surface area contributed by atoms with Crippen molar-refractivity contribution in [1.29, 1.82) is 0 Å². The molecule has 0 spiro atoms. The Labute approximate surface area is 90.5 Å². The summed E-state index contributed by atoms with van der Waals surface area (Å²) < 4.78 is 10.0. The summed E-state index contributed by atoms with van der Waals surface area (Å²) in [5, 5.41) is 15.7. The summed E-state index contributed by atoms with van der Waals surface area (Å²) in [7, 11) is 0. The van der Waals surface area contributed by atoms with E-state index in [0.29, 0.717) is 17.2 Å². The molecule has 0 saturated heterocycles. The zero-order valence-corrected chi connectivity index (χ0v) is 8.16. The molecular formula is C10H8N2O4. The molecule has 0 aliphatic heterocycles. The Balaban J connectivity index is 2.17. The molecule has 0 saturated carbocycles. The van der Waals surface area contributed by atoms with Gasteiger partial charge in [-0.25, -0.2) is 4.79 Å². The van der Waals surface area contributed by atoms with Crippen LogP contribution in [0.25, 0.3) is 11.5 Å². The van der Waals surface area contributed by atoms with E-state index in [-0.39, 0.29) is 6.61 Å². The van der Waals surface area contributed by atoms with Crippen LogP contribution in [-0.2, 0) is 4.79 Å². The summed E-state index contributed by atoms with van der Waals surface area (Å²) in [4.78, 5) is 10.3. The highest BCUT2D eigenvalue weighted by atomic mass is 16.5. The minimum atomic E-state index is -1.02. The first-order valence-electron chi connectivity index (χ1n) is 4.47. The van der Waals surface area contributed by atoms with Crippen LogP contribution in [-0.4, -0.2) is 27.9 Å². The summed E-state index contributed by atoms with van der Waals surface area (Å²) in [5.74, 6) is -0.220. The second-order valence-corrected chi connectivity index (χ2v) is 2.95. The molecule has 0 atom stereocenters. The number of rotatable bonds is 4. The van der Waals surface area contributed by atoms with Crippen LogP contribution in [0, 0.1) is 0 Å². The van der Waals surface area contributed by atoms with E-state index >= 15 is 0 Å². The van der Waals surface area contributed by atoms with E-state index in [1.54, 1.807) is 24.3 Å². The SMILES string of the molecule is O=C(O)COc1cccc(-c2nnco2)c1. The lowest BCUT2D eigenvalue weighted by Crippen LogP contribution is -2.09. The van der Waals surface area contributed by atoms with Gasteiger partial charge in [0.15, 0.2) is 6.61 Å². The highest BCUT2D eigenvalue weighted by Gasteiger charge is 2.05. The van der Waals surface area contributed by atoms with Crippen LogP contribution in [0.15, 0.2) is 35.1 Å². The first-order valence-corrected chi connectivity index (χ1v) is 4.47. The van der Waals surface area contributed by atoms with Gasteiger partial charge < -0.3 is 14.3 Å². The van der Waals surface area contributed by atoms with Crippen molar-refractivity contribution in [3.63, 3.8) is 0 Å². The van der Waals surface area contributed by atoms with Crippen LogP contribution in [0.2, 0.25) is 0 Å². The van der Waals surface area contributed by atoms with Crippen LogP contribution in [0.4, 0.5) is 0 Å². The minimum absolute atomic E-state index is 0.362. The topological polar surface area (TPSA) is 85.5 Å². The molecule has 0 unspecified atom stereocenters. The van der Waals surface area contributed by atoms with Gasteiger partial charge in [0, 0.05) is 5.56 Å². The quantitative estimate of drug-likeness (QED) is 0.833. The average molecular weight is 220 g/mol. The van der Waals surface area contributed by atoms with Gasteiger partial charge in [-0.3, -0.25) is 0 Å². The summed E-state index contributed by atoms with van der Waals surface area (Å²) in [5.41, 5.74) is 0.681. The molecule has 2 rings (SSSR count). The molecule has 6 heteroatoms. The normalized spacial score (nSPS) is 10.0. The Morgan fingerprint density at radius 2 is 2.38 bits per heavy atom. The number of benzene rings is 1. The summed E-state index contributed by atoms with van der Waals surface area (Å²) in [6.07, 6.45) is 1.22.